The minimum absolute atomic E-state index is 0.525. The smallest absolute Gasteiger partial charge is 0.0623 e. The van der Waals surface area contributed by atoms with Crippen molar-refractivity contribution in [2.45, 2.75) is 76.0 Å². The molecule has 22 heavy (non-hydrogen) atoms. The van der Waals surface area contributed by atoms with Gasteiger partial charge in [-0.25, -0.2) is 0 Å². The van der Waals surface area contributed by atoms with Gasteiger partial charge in [-0.05, 0) is 31.6 Å². The van der Waals surface area contributed by atoms with Gasteiger partial charge in [-0.2, -0.15) is 0 Å². The minimum atomic E-state index is 0.525. The first-order valence-corrected chi connectivity index (χ1v) is 9.59. The largest absolute Gasteiger partial charge is 0.379 e. The molecule has 2 saturated carbocycles. The monoisotopic (exact) mass is 310 g/mol. The van der Waals surface area contributed by atoms with Crippen molar-refractivity contribution in [3.8, 4) is 0 Å². The summed E-state index contributed by atoms with van der Waals surface area (Å²) in [5.41, 5.74) is 0. The Labute approximate surface area is 135 Å². The van der Waals surface area contributed by atoms with E-state index < -0.39 is 0 Å². The molecule has 1 heterocycles. The molecule has 3 rings (SSSR count). The first kappa shape index (κ1) is 16.7. The second-order valence-corrected chi connectivity index (χ2v) is 7.28. The summed E-state index contributed by atoms with van der Waals surface area (Å²) >= 11 is 0. The van der Waals surface area contributed by atoms with E-state index in [2.05, 4.69) is 10.6 Å². The lowest BCUT2D eigenvalue weighted by atomic mass is 9.94. The van der Waals surface area contributed by atoms with Crippen LogP contribution in [0.25, 0.3) is 0 Å². The van der Waals surface area contributed by atoms with Crippen LogP contribution in [0.3, 0.4) is 0 Å². The van der Waals surface area contributed by atoms with Crippen LogP contribution in [-0.2, 0) is 9.47 Å². The number of rotatable bonds is 6. The quantitative estimate of drug-likeness (QED) is 0.584. The van der Waals surface area contributed by atoms with Gasteiger partial charge in [0.05, 0.1) is 25.9 Å². The molecular formula is C18H34N2O2. The minimum Gasteiger partial charge on any atom is -0.379 e. The molecule has 3 aliphatic rings. The predicted molar refractivity (Wildman–Crippen MR) is 89.2 cm³/mol. The Morgan fingerprint density at radius 3 is 2.64 bits per heavy atom. The maximum atomic E-state index is 6.10. The summed E-state index contributed by atoms with van der Waals surface area (Å²) in [5, 5.41) is 7.41. The summed E-state index contributed by atoms with van der Waals surface area (Å²) in [6.45, 7) is 4.66. The average Bonchev–Trinajstić information content (AvgIpc) is 2.87. The first-order valence-electron chi connectivity index (χ1n) is 9.59. The molecule has 3 fully saturated rings. The highest BCUT2D eigenvalue weighted by Crippen LogP contribution is 2.29. The SMILES string of the molecule is C1CCCC(OCCNC2CCCC2C2COCCN2)CC1. The molecule has 0 amide bonds. The van der Waals surface area contributed by atoms with Crippen molar-refractivity contribution in [2.75, 3.05) is 32.9 Å². The van der Waals surface area contributed by atoms with Crippen molar-refractivity contribution in [1.82, 2.24) is 10.6 Å². The average molecular weight is 310 g/mol. The van der Waals surface area contributed by atoms with E-state index in [1.54, 1.807) is 0 Å². The fourth-order valence-electron chi connectivity index (χ4n) is 4.46. The van der Waals surface area contributed by atoms with E-state index in [4.69, 9.17) is 9.47 Å². The molecule has 0 aromatic heterocycles. The van der Waals surface area contributed by atoms with Gasteiger partial charge in [-0.3, -0.25) is 0 Å². The molecule has 4 nitrogen and oxygen atoms in total. The van der Waals surface area contributed by atoms with Gasteiger partial charge in [0.15, 0.2) is 0 Å². The summed E-state index contributed by atoms with van der Waals surface area (Å²) in [6.07, 6.45) is 12.6. The molecule has 1 saturated heterocycles. The number of hydrogen-bond acceptors (Lipinski definition) is 4. The van der Waals surface area contributed by atoms with Gasteiger partial charge < -0.3 is 20.1 Å². The zero-order valence-corrected chi connectivity index (χ0v) is 14.0. The van der Waals surface area contributed by atoms with Gasteiger partial charge in [-0.1, -0.05) is 32.1 Å². The Kier molecular flexibility index (Phi) is 6.99. The molecule has 0 aromatic rings. The number of hydrogen-bond donors (Lipinski definition) is 2. The Balaban J connectivity index is 1.33. The molecule has 3 unspecified atom stereocenters. The van der Waals surface area contributed by atoms with Crippen LogP contribution in [0.15, 0.2) is 0 Å². The topological polar surface area (TPSA) is 42.5 Å². The van der Waals surface area contributed by atoms with Crippen molar-refractivity contribution >= 4 is 0 Å². The van der Waals surface area contributed by atoms with Crippen molar-refractivity contribution < 1.29 is 9.47 Å². The number of ether oxygens (including phenoxy) is 2. The van der Waals surface area contributed by atoms with Crippen LogP contribution in [0.1, 0.15) is 57.8 Å². The number of morpholine rings is 1. The van der Waals surface area contributed by atoms with Crippen LogP contribution in [-0.4, -0.2) is 51.1 Å². The van der Waals surface area contributed by atoms with Gasteiger partial charge in [0, 0.05) is 25.2 Å². The van der Waals surface area contributed by atoms with E-state index in [0.29, 0.717) is 18.2 Å². The first-order chi connectivity index (χ1) is 10.9. The highest BCUT2D eigenvalue weighted by Gasteiger charge is 2.34. The highest BCUT2D eigenvalue weighted by atomic mass is 16.5. The summed E-state index contributed by atoms with van der Waals surface area (Å²) in [6, 6.07) is 1.20. The summed E-state index contributed by atoms with van der Waals surface area (Å²) < 4.78 is 11.7. The van der Waals surface area contributed by atoms with Gasteiger partial charge in [0.1, 0.15) is 0 Å². The van der Waals surface area contributed by atoms with Crippen molar-refractivity contribution in [3.63, 3.8) is 0 Å². The predicted octanol–water partition coefficient (Wildman–Crippen LogP) is 2.47. The van der Waals surface area contributed by atoms with Gasteiger partial charge >= 0.3 is 0 Å². The molecule has 0 spiro atoms. The van der Waals surface area contributed by atoms with E-state index in [9.17, 15) is 0 Å². The Bertz CT molecular complexity index is 299. The lowest BCUT2D eigenvalue weighted by Crippen LogP contribution is -2.51. The lowest BCUT2D eigenvalue weighted by molar-refractivity contribution is 0.0384. The standard InChI is InChI=1S/C18H34N2O2/c1-2-4-7-15(6-3-1)22-13-11-19-17-9-5-8-16(17)18-14-21-12-10-20-18/h15-20H,1-14H2. The van der Waals surface area contributed by atoms with E-state index in [-0.39, 0.29) is 0 Å². The normalized spacial score (nSPS) is 34.6. The van der Waals surface area contributed by atoms with Crippen LogP contribution in [0, 0.1) is 5.92 Å². The number of nitrogens with one attached hydrogen (secondary N) is 2. The van der Waals surface area contributed by atoms with Crippen LogP contribution >= 0.6 is 0 Å². The Hall–Kier alpha value is -0.160. The van der Waals surface area contributed by atoms with Gasteiger partial charge in [-0.15, -0.1) is 0 Å². The van der Waals surface area contributed by atoms with Crippen molar-refractivity contribution in [2.24, 2.45) is 5.92 Å². The highest BCUT2D eigenvalue weighted by molar-refractivity contribution is 4.91. The lowest BCUT2D eigenvalue weighted by Gasteiger charge is -2.33. The van der Waals surface area contributed by atoms with Gasteiger partial charge in [0.2, 0.25) is 0 Å². The fraction of sp³-hybridized carbons (Fsp3) is 1.00. The van der Waals surface area contributed by atoms with Crippen LogP contribution in [0.5, 0.6) is 0 Å². The molecule has 4 heteroatoms. The third-order valence-corrected chi connectivity index (χ3v) is 5.70. The molecule has 0 aromatic carbocycles. The summed E-state index contributed by atoms with van der Waals surface area (Å²) in [5.74, 6) is 0.734. The summed E-state index contributed by atoms with van der Waals surface area (Å²) in [7, 11) is 0. The zero-order chi connectivity index (χ0) is 15.0. The molecule has 0 bridgehead atoms. The second-order valence-electron chi connectivity index (χ2n) is 7.28. The van der Waals surface area contributed by atoms with Crippen molar-refractivity contribution in [3.05, 3.63) is 0 Å². The fourth-order valence-corrected chi connectivity index (χ4v) is 4.46. The maximum absolute atomic E-state index is 6.10. The molecule has 1 aliphatic heterocycles. The molecule has 2 aliphatic carbocycles. The third-order valence-electron chi connectivity index (χ3n) is 5.70. The molecule has 0 radical (unpaired) electrons. The van der Waals surface area contributed by atoms with Crippen LogP contribution in [0.2, 0.25) is 0 Å². The maximum Gasteiger partial charge on any atom is 0.0623 e. The van der Waals surface area contributed by atoms with E-state index in [1.807, 2.05) is 0 Å². The Morgan fingerprint density at radius 2 is 1.86 bits per heavy atom. The zero-order valence-electron chi connectivity index (χ0n) is 14.0. The molecule has 2 N–H and O–H groups in total. The van der Waals surface area contributed by atoms with E-state index in [1.165, 1.54) is 57.8 Å². The van der Waals surface area contributed by atoms with Crippen LogP contribution < -0.4 is 10.6 Å². The van der Waals surface area contributed by atoms with Crippen LogP contribution in [0.4, 0.5) is 0 Å². The van der Waals surface area contributed by atoms with E-state index >= 15 is 0 Å². The molecule has 3 atom stereocenters. The van der Waals surface area contributed by atoms with E-state index in [0.717, 1.165) is 38.8 Å². The third kappa shape index (κ3) is 4.92. The molecule has 128 valence electrons. The van der Waals surface area contributed by atoms with Gasteiger partial charge in [0.25, 0.3) is 0 Å². The second kappa shape index (κ2) is 9.21. The molecular weight excluding hydrogens is 276 g/mol. The summed E-state index contributed by atoms with van der Waals surface area (Å²) in [4.78, 5) is 0. The van der Waals surface area contributed by atoms with Crippen molar-refractivity contribution in [1.29, 1.82) is 0 Å². The Morgan fingerprint density at radius 1 is 1.00 bits per heavy atom.